The molecule has 0 aliphatic carbocycles. The Balaban J connectivity index is 3.30. The fraction of sp³-hybridized carbons (Fsp3) is 0.286. The predicted octanol–water partition coefficient (Wildman–Crippen LogP) is 2.74. The maximum atomic E-state index is 12.5. The largest absolute Gasteiger partial charge is 0.325 e. The summed E-state index contributed by atoms with van der Waals surface area (Å²) in [5.41, 5.74) is 5.31. The molecule has 0 aliphatic heterocycles. The molecule has 1 aromatic rings. The van der Waals surface area contributed by atoms with Gasteiger partial charge in [0.25, 0.3) is 6.43 Å². The lowest BCUT2D eigenvalue weighted by molar-refractivity contribution is 0.148. The Morgan fingerprint density at radius 2 is 2.23 bits per heavy atom. The van der Waals surface area contributed by atoms with Crippen molar-refractivity contribution >= 4 is 34.2 Å². The Kier molecular flexibility index (Phi) is 3.81. The summed E-state index contributed by atoms with van der Waals surface area (Å²) in [6.07, 6.45) is -2.56. The molecule has 1 rings (SSSR count). The molecule has 72 valence electrons. The average molecular weight is 318 g/mol. The first kappa shape index (κ1) is 11.1. The van der Waals surface area contributed by atoms with Crippen LogP contribution in [-0.4, -0.2) is 4.98 Å². The number of rotatable bonds is 2. The average Bonchev–Trinajstić information content (AvgIpc) is 2.01. The Morgan fingerprint density at radius 1 is 1.62 bits per heavy atom. The van der Waals surface area contributed by atoms with Crippen LogP contribution in [0.3, 0.4) is 0 Å². The van der Waals surface area contributed by atoms with Gasteiger partial charge < -0.3 is 5.73 Å². The maximum absolute atomic E-state index is 12.5. The highest BCUT2D eigenvalue weighted by molar-refractivity contribution is 14.1. The maximum Gasteiger partial charge on any atom is 0.266 e. The van der Waals surface area contributed by atoms with Gasteiger partial charge in [0.15, 0.2) is 0 Å². The molecule has 13 heavy (non-hydrogen) atoms. The summed E-state index contributed by atoms with van der Waals surface area (Å²) < 4.78 is 25.3. The molecule has 0 fully saturated rings. The molecule has 0 saturated heterocycles. The van der Waals surface area contributed by atoms with Crippen molar-refractivity contribution in [1.29, 1.82) is 0 Å². The van der Waals surface area contributed by atoms with Crippen LogP contribution in [0.5, 0.6) is 0 Å². The van der Waals surface area contributed by atoms with Crippen molar-refractivity contribution in [3.8, 4) is 0 Å². The second kappa shape index (κ2) is 4.47. The molecular weight excluding hydrogens is 312 g/mol. The molecule has 0 unspecified atom stereocenters. The lowest BCUT2D eigenvalue weighted by Crippen LogP contribution is -2.07. The highest BCUT2D eigenvalue weighted by Crippen LogP contribution is 2.28. The second-order valence-electron chi connectivity index (χ2n) is 2.29. The molecule has 1 heterocycles. The van der Waals surface area contributed by atoms with E-state index in [1.807, 2.05) is 0 Å². The third-order valence-corrected chi connectivity index (χ3v) is 2.55. The summed E-state index contributed by atoms with van der Waals surface area (Å²) >= 11 is 7.38. The fourth-order valence-corrected chi connectivity index (χ4v) is 2.16. The summed E-state index contributed by atoms with van der Waals surface area (Å²) in [6, 6.07) is 1.39. The monoisotopic (exact) mass is 318 g/mol. The van der Waals surface area contributed by atoms with Crippen molar-refractivity contribution < 1.29 is 8.78 Å². The third kappa shape index (κ3) is 2.47. The molecule has 0 amide bonds. The van der Waals surface area contributed by atoms with E-state index in [1.54, 1.807) is 22.6 Å². The number of nitrogens with zero attached hydrogens (tertiary/aromatic N) is 1. The minimum absolute atomic E-state index is 0.0315. The van der Waals surface area contributed by atoms with Gasteiger partial charge in [-0.3, -0.25) is 0 Å². The third-order valence-electron chi connectivity index (χ3n) is 1.47. The van der Waals surface area contributed by atoms with Crippen LogP contribution >= 0.6 is 34.2 Å². The molecule has 0 bridgehead atoms. The number of hydrogen-bond acceptors (Lipinski definition) is 2. The second-order valence-corrected chi connectivity index (χ2v) is 3.84. The normalized spacial score (nSPS) is 10.9. The van der Waals surface area contributed by atoms with Crippen LogP contribution < -0.4 is 5.73 Å². The standard InChI is InChI=1S/C7H6ClF2IN2/c8-5-1-3(11)6(7(9)10)4(2-12)13-5/h1,7H,2,12H2. The molecule has 0 saturated carbocycles. The Hall–Kier alpha value is -0.0100. The van der Waals surface area contributed by atoms with Gasteiger partial charge >= 0.3 is 0 Å². The zero-order valence-corrected chi connectivity index (χ0v) is 9.31. The molecule has 0 aromatic carbocycles. The van der Waals surface area contributed by atoms with Gasteiger partial charge in [0.2, 0.25) is 0 Å². The smallest absolute Gasteiger partial charge is 0.266 e. The lowest BCUT2D eigenvalue weighted by Gasteiger charge is -2.08. The first-order valence-electron chi connectivity index (χ1n) is 3.39. The number of alkyl halides is 2. The van der Waals surface area contributed by atoms with Crippen molar-refractivity contribution in [2.75, 3.05) is 0 Å². The number of aromatic nitrogens is 1. The summed E-state index contributed by atoms with van der Waals surface area (Å²) in [5, 5.41) is 0.189. The zero-order valence-electron chi connectivity index (χ0n) is 6.40. The lowest BCUT2D eigenvalue weighted by atomic mass is 10.2. The van der Waals surface area contributed by atoms with Gasteiger partial charge in [-0.2, -0.15) is 0 Å². The summed E-state index contributed by atoms with van der Waals surface area (Å²) in [7, 11) is 0. The highest BCUT2D eigenvalue weighted by atomic mass is 127. The van der Waals surface area contributed by atoms with Crippen molar-refractivity contribution in [3.63, 3.8) is 0 Å². The first-order chi connectivity index (χ1) is 6.06. The first-order valence-corrected chi connectivity index (χ1v) is 4.85. The molecular formula is C7H6ClF2IN2. The van der Waals surface area contributed by atoms with Gasteiger partial charge in [-0.1, -0.05) is 11.6 Å². The molecule has 0 radical (unpaired) electrons. The van der Waals surface area contributed by atoms with Gasteiger partial charge in [-0.15, -0.1) is 0 Å². The van der Waals surface area contributed by atoms with Gasteiger partial charge in [-0.25, -0.2) is 13.8 Å². The molecule has 2 nitrogen and oxygen atoms in total. The van der Waals surface area contributed by atoms with Gasteiger partial charge in [0.05, 0.1) is 11.3 Å². The van der Waals surface area contributed by atoms with Crippen LogP contribution in [0.25, 0.3) is 0 Å². The van der Waals surface area contributed by atoms with Crippen molar-refractivity contribution in [3.05, 3.63) is 26.0 Å². The van der Waals surface area contributed by atoms with Gasteiger partial charge in [-0.05, 0) is 28.7 Å². The predicted molar refractivity (Wildman–Crippen MR) is 54.8 cm³/mol. The van der Waals surface area contributed by atoms with Crippen LogP contribution in [-0.2, 0) is 6.54 Å². The van der Waals surface area contributed by atoms with E-state index in [0.29, 0.717) is 3.57 Å². The summed E-state index contributed by atoms with van der Waals surface area (Å²) in [5.74, 6) is 0. The van der Waals surface area contributed by atoms with Crippen LogP contribution in [0.1, 0.15) is 17.7 Å². The van der Waals surface area contributed by atoms with Gasteiger partial charge in [0, 0.05) is 10.1 Å². The number of nitrogens with two attached hydrogens (primary N) is 1. The van der Waals surface area contributed by atoms with E-state index in [4.69, 9.17) is 17.3 Å². The SMILES string of the molecule is NCc1nc(Cl)cc(I)c1C(F)F. The Bertz CT molecular complexity index is 320. The summed E-state index contributed by atoms with van der Waals surface area (Å²) in [6.45, 7) is -0.0315. The van der Waals surface area contributed by atoms with Crippen molar-refractivity contribution in [1.82, 2.24) is 4.98 Å². The quantitative estimate of drug-likeness (QED) is 0.673. The van der Waals surface area contributed by atoms with Crippen molar-refractivity contribution in [2.45, 2.75) is 13.0 Å². The Labute approximate surface area is 92.6 Å². The molecule has 0 spiro atoms. The molecule has 6 heteroatoms. The zero-order chi connectivity index (χ0) is 10.0. The molecule has 0 atom stereocenters. The molecule has 1 aromatic heterocycles. The van der Waals surface area contributed by atoms with Crippen LogP contribution in [0.4, 0.5) is 8.78 Å². The molecule has 0 aliphatic rings. The van der Waals surface area contributed by atoms with E-state index in [0.717, 1.165) is 0 Å². The molecule has 2 N–H and O–H groups in total. The number of halogens is 4. The van der Waals surface area contributed by atoms with E-state index >= 15 is 0 Å². The van der Waals surface area contributed by atoms with E-state index in [9.17, 15) is 8.78 Å². The minimum atomic E-state index is -2.56. The van der Waals surface area contributed by atoms with Crippen LogP contribution in [0, 0.1) is 3.57 Å². The topological polar surface area (TPSA) is 38.9 Å². The number of hydrogen-bond donors (Lipinski definition) is 1. The highest BCUT2D eigenvalue weighted by Gasteiger charge is 2.17. The van der Waals surface area contributed by atoms with Crippen LogP contribution in [0.2, 0.25) is 5.15 Å². The fourth-order valence-electron chi connectivity index (χ4n) is 0.927. The van der Waals surface area contributed by atoms with Crippen LogP contribution in [0.15, 0.2) is 6.07 Å². The van der Waals surface area contributed by atoms with Crippen molar-refractivity contribution in [2.24, 2.45) is 5.73 Å². The van der Waals surface area contributed by atoms with E-state index < -0.39 is 6.43 Å². The number of pyridine rings is 1. The Morgan fingerprint density at radius 3 is 2.69 bits per heavy atom. The van der Waals surface area contributed by atoms with Gasteiger partial charge in [0.1, 0.15) is 5.15 Å². The van der Waals surface area contributed by atoms with E-state index in [1.165, 1.54) is 6.07 Å². The van der Waals surface area contributed by atoms with E-state index in [2.05, 4.69) is 4.98 Å². The minimum Gasteiger partial charge on any atom is -0.325 e. The summed E-state index contributed by atoms with van der Waals surface area (Å²) in [4.78, 5) is 3.73. The van der Waals surface area contributed by atoms with E-state index in [-0.39, 0.29) is 23.0 Å².